The van der Waals surface area contributed by atoms with Gasteiger partial charge in [0.05, 0.1) is 19.9 Å². The lowest BCUT2D eigenvalue weighted by molar-refractivity contribution is 0.102. The Kier molecular flexibility index (Phi) is 4.92. The SMILES string of the molecule is COc1ccc(NC(=O)c2nn(-c3ccc(F)c(F)c3)c3c2CCC3)cc1OC. The van der Waals surface area contributed by atoms with Gasteiger partial charge in [-0.25, -0.2) is 13.5 Å². The number of carbonyl (C=O) groups excluding carboxylic acids is 1. The van der Waals surface area contributed by atoms with Crippen LogP contribution in [-0.4, -0.2) is 29.9 Å². The Morgan fingerprint density at radius 1 is 1.03 bits per heavy atom. The van der Waals surface area contributed by atoms with Crippen molar-refractivity contribution in [1.29, 1.82) is 0 Å². The topological polar surface area (TPSA) is 65.4 Å². The van der Waals surface area contributed by atoms with Crippen LogP contribution in [-0.2, 0) is 12.8 Å². The minimum absolute atomic E-state index is 0.275. The molecule has 0 spiro atoms. The smallest absolute Gasteiger partial charge is 0.276 e. The average molecular weight is 399 g/mol. The minimum Gasteiger partial charge on any atom is -0.493 e. The van der Waals surface area contributed by atoms with Crippen LogP contribution in [0.2, 0.25) is 0 Å². The molecule has 1 N–H and O–H groups in total. The highest BCUT2D eigenvalue weighted by molar-refractivity contribution is 6.04. The third-order valence-electron chi connectivity index (χ3n) is 4.93. The maximum atomic E-state index is 13.7. The summed E-state index contributed by atoms with van der Waals surface area (Å²) in [7, 11) is 3.05. The molecule has 150 valence electrons. The number of ether oxygens (including phenoxy) is 2. The van der Waals surface area contributed by atoms with E-state index in [4.69, 9.17) is 9.47 Å². The van der Waals surface area contributed by atoms with Crippen molar-refractivity contribution < 1.29 is 23.0 Å². The summed E-state index contributed by atoms with van der Waals surface area (Å²) in [4.78, 5) is 12.9. The number of fused-ring (bicyclic) bond motifs is 1. The van der Waals surface area contributed by atoms with Gasteiger partial charge in [-0.1, -0.05) is 0 Å². The van der Waals surface area contributed by atoms with Crippen LogP contribution < -0.4 is 14.8 Å². The lowest BCUT2D eigenvalue weighted by Crippen LogP contribution is -2.15. The van der Waals surface area contributed by atoms with E-state index in [9.17, 15) is 13.6 Å². The Labute approximate surface area is 166 Å². The fourth-order valence-corrected chi connectivity index (χ4v) is 3.55. The fourth-order valence-electron chi connectivity index (χ4n) is 3.55. The van der Waals surface area contributed by atoms with Gasteiger partial charge in [0.2, 0.25) is 0 Å². The second-order valence-electron chi connectivity index (χ2n) is 6.66. The molecule has 3 aromatic rings. The van der Waals surface area contributed by atoms with E-state index in [-0.39, 0.29) is 11.6 Å². The van der Waals surface area contributed by atoms with Gasteiger partial charge in [-0.05, 0) is 43.5 Å². The molecule has 0 unspecified atom stereocenters. The van der Waals surface area contributed by atoms with Gasteiger partial charge in [-0.15, -0.1) is 0 Å². The monoisotopic (exact) mass is 399 g/mol. The van der Waals surface area contributed by atoms with Crippen LogP contribution in [0.15, 0.2) is 36.4 Å². The number of halogens is 2. The number of rotatable bonds is 5. The lowest BCUT2D eigenvalue weighted by Gasteiger charge is -2.10. The summed E-state index contributed by atoms with van der Waals surface area (Å²) in [5, 5.41) is 7.22. The van der Waals surface area contributed by atoms with Crippen molar-refractivity contribution in [2.45, 2.75) is 19.3 Å². The van der Waals surface area contributed by atoms with Crippen LogP contribution in [0.25, 0.3) is 5.69 Å². The Balaban J connectivity index is 1.67. The summed E-state index contributed by atoms with van der Waals surface area (Å²) >= 11 is 0. The van der Waals surface area contributed by atoms with E-state index >= 15 is 0 Å². The molecule has 2 aromatic carbocycles. The zero-order chi connectivity index (χ0) is 20.5. The van der Waals surface area contributed by atoms with E-state index in [0.717, 1.165) is 29.8 Å². The Morgan fingerprint density at radius 2 is 1.83 bits per heavy atom. The molecule has 1 aromatic heterocycles. The predicted octanol–water partition coefficient (Wildman–Crippen LogP) is 3.91. The van der Waals surface area contributed by atoms with Gasteiger partial charge in [0.25, 0.3) is 5.91 Å². The number of nitrogens with zero attached hydrogens (tertiary/aromatic N) is 2. The highest BCUT2D eigenvalue weighted by atomic mass is 19.2. The number of nitrogens with one attached hydrogen (secondary N) is 1. The zero-order valence-corrected chi connectivity index (χ0v) is 16.0. The molecule has 6 nitrogen and oxygen atoms in total. The lowest BCUT2D eigenvalue weighted by atomic mass is 10.2. The van der Waals surface area contributed by atoms with Gasteiger partial charge in [0, 0.05) is 29.1 Å². The summed E-state index contributed by atoms with van der Waals surface area (Å²) < 4.78 is 39.0. The van der Waals surface area contributed by atoms with Gasteiger partial charge >= 0.3 is 0 Å². The number of carbonyl (C=O) groups is 1. The first-order valence-electron chi connectivity index (χ1n) is 9.11. The Morgan fingerprint density at radius 3 is 2.55 bits per heavy atom. The summed E-state index contributed by atoms with van der Waals surface area (Å²) in [6, 6.07) is 8.63. The molecule has 1 heterocycles. The molecular weight excluding hydrogens is 380 g/mol. The number of benzene rings is 2. The van der Waals surface area contributed by atoms with E-state index in [1.54, 1.807) is 18.2 Å². The standard InChI is InChI=1S/C21H19F2N3O3/c1-28-18-9-6-12(10-19(18)29-2)24-21(27)20-14-4-3-5-17(14)26(25-20)13-7-8-15(22)16(23)11-13/h6-11H,3-5H2,1-2H3,(H,24,27). The summed E-state index contributed by atoms with van der Waals surface area (Å²) in [6.07, 6.45) is 2.28. The van der Waals surface area contributed by atoms with E-state index in [0.29, 0.717) is 35.7 Å². The van der Waals surface area contributed by atoms with Gasteiger partial charge < -0.3 is 14.8 Å². The van der Waals surface area contributed by atoms with Crippen molar-refractivity contribution in [3.8, 4) is 17.2 Å². The molecule has 4 rings (SSSR count). The number of anilines is 1. The van der Waals surface area contributed by atoms with Crippen LogP contribution in [0.5, 0.6) is 11.5 Å². The van der Waals surface area contributed by atoms with Crippen molar-refractivity contribution in [2.75, 3.05) is 19.5 Å². The van der Waals surface area contributed by atoms with Crippen molar-refractivity contribution in [3.63, 3.8) is 0 Å². The molecule has 1 aliphatic carbocycles. The van der Waals surface area contributed by atoms with Crippen LogP contribution in [0.3, 0.4) is 0 Å². The van der Waals surface area contributed by atoms with Gasteiger partial charge in [-0.3, -0.25) is 4.79 Å². The van der Waals surface area contributed by atoms with Crippen LogP contribution in [0.4, 0.5) is 14.5 Å². The number of amides is 1. The maximum Gasteiger partial charge on any atom is 0.276 e. The molecule has 0 aliphatic heterocycles. The third-order valence-corrected chi connectivity index (χ3v) is 4.93. The quantitative estimate of drug-likeness (QED) is 0.707. The molecule has 0 saturated carbocycles. The molecule has 0 fully saturated rings. The minimum atomic E-state index is -0.957. The molecule has 29 heavy (non-hydrogen) atoms. The molecule has 0 saturated heterocycles. The first-order valence-corrected chi connectivity index (χ1v) is 9.11. The Bertz CT molecular complexity index is 1100. The van der Waals surface area contributed by atoms with Gasteiger partial charge in [0.15, 0.2) is 28.8 Å². The fraction of sp³-hybridized carbons (Fsp3) is 0.238. The number of aromatic nitrogens is 2. The van der Waals surface area contributed by atoms with Crippen LogP contribution in [0.1, 0.15) is 28.2 Å². The van der Waals surface area contributed by atoms with Gasteiger partial charge in [-0.2, -0.15) is 5.10 Å². The highest BCUT2D eigenvalue weighted by Crippen LogP contribution is 2.31. The van der Waals surface area contributed by atoms with Crippen molar-refractivity contribution in [2.24, 2.45) is 0 Å². The molecule has 0 bridgehead atoms. The van der Waals surface area contributed by atoms with E-state index in [1.807, 2.05) is 0 Å². The second-order valence-corrected chi connectivity index (χ2v) is 6.66. The second kappa shape index (κ2) is 7.54. The molecule has 0 atom stereocenters. The first-order chi connectivity index (χ1) is 14.0. The van der Waals surface area contributed by atoms with E-state index in [2.05, 4.69) is 10.4 Å². The molecule has 8 heteroatoms. The van der Waals surface area contributed by atoms with Crippen LogP contribution >= 0.6 is 0 Å². The number of methoxy groups -OCH3 is 2. The van der Waals surface area contributed by atoms with Gasteiger partial charge in [0.1, 0.15) is 0 Å². The van der Waals surface area contributed by atoms with E-state index < -0.39 is 11.6 Å². The van der Waals surface area contributed by atoms with E-state index in [1.165, 1.54) is 25.0 Å². The Hall–Kier alpha value is -3.42. The molecular formula is C21H19F2N3O3. The first kappa shape index (κ1) is 18.9. The average Bonchev–Trinajstić information content (AvgIpc) is 3.32. The summed E-state index contributed by atoms with van der Waals surface area (Å²) in [6.45, 7) is 0. The largest absolute Gasteiger partial charge is 0.493 e. The number of hydrogen-bond acceptors (Lipinski definition) is 4. The normalized spacial score (nSPS) is 12.6. The summed E-state index contributed by atoms with van der Waals surface area (Å²) in [5.74, 6) is -1.22. The predicted molar refractivity (Wildman–Crippen MR) is 103 cm³/mol. The number of hydrogen-bond donors (Lipinski definition) is 1. The van der Waals surface area contributed by atoms with Crippen molar-refractivity contribution in [3.05, 3.63) is 65.0 Å². The third kappa shape index (κ3) is 3.41. The summed E-state index contributed by atoms with van der Waals surface area (Å²) in [5.41, 5.74) is 2.85. The highest BCUT2D eigenvalue weighted by Gasteiger charge is 2.27. The van der Waals surface area contributed by atoms with Crippen molar-refractivity contribution >= 4 is 11.6 Å². The van der Waals surface area contributed by atoms with Crippen molar-refractivity contribution in [1.82, 2.24) is 9.78 Å². The molecule has 1 amide bonds. The zero-order valence-electron chi connectivity index (χ0n) is 16.0. The molecule has 1 aliphatic rings. The maximum absolute atomic E-state index is 13.7. The molecule has 0 radical (unpaired) electrons. The van der Waals surface area contributed by atoms with Crippen LogP contribution in [0, 0.1) is 11.6 Å².